The Morgan fingerprint density at radius 1 is 1.29 bits per heavy atom. The van der Waals surface area contributed by atoms with Crippen LogP contribution in [-0.4, -0.2) is 10.8 Å². The van der Waals surface area contributed by atoms with E-state index in [1.807, 2.05) is 0 Å². The fourth-order valence-corrected chi connectivity index (χ4v) is 1.55. The van der Waals surface area contributed by atoms with Gasteiger partial charge >= 0.3 is 0 Å². The van der Waals surface area contributed by atoms with E-state index in [-0.39, 0.29) is 11.1 Å². The van der Waals surface area contributed by atoms with Crippen molar-refractivity contribution in [3.8, 4) is 0 Å². The number of aryl methyl sites for hydroxylation is 1. The van der Waals surface area contributed by atoms with Gasteiger partial charge in [-0.2, -0.15) is 0 Å². The molecule has 0 spiro atoms. The molecule has 2 rings (SSSR count). The van der Waals surface area contributed by atoms with Gasteiger partial charge in [0.05, 0.1) is 11.1 Å². The number of hydrogen-bond acceptors (Lipinski definition) is 3. The van der Waals surface area contributed by atoms with E-state index >= 15 is 0 Å². The molecule has 17 heavy (non-hydrogen) atoms. The van der Waals surface area contributed by atoms with Gasteiger partial charge in [-0.25, -0.2) is 4.39 Å². The van der Waals surface area contributed by atoms with Crippen molar-refractivity contribution in [3.63, 3.8) is 0 Å². The van der Waals surface area contributed by atoms with Crippen molar-refractivity contribution < 1.29 is 9.18 Å². The number of aromatic nitrogens is 1. The maximum absolute atomic E-state index is 13.6. The second-order valence-corrected chi connectivity index (χ2v) is 3.78. The number of carbonyl (C=O) groups is 1. The van der Waals surface area contributed by atoms with Crippen LogP contribution >= 0.6 is 0 Å². The maximum Gasteiger partial charge on any atom is 0.199 e. The first kappa shape index (κ1) is 11.3. The van der Waals surface area contributed by atoms with Gasteiger partial charge in [0.15, 0.2) is 5.78 Å². The third-order valence-corrected chi connectivity index (χ3v) is 2.47. The lowest BCUT2D eigenvalue weighted by molar-refractivity contribution is 0.103. The molecule has 0 unspecified atom stereocenters. The molecule has 0 amide bonds. The third kappa shape index (κ3) is 2.15. The number of hydrogen-bond donors (Lipinski definition) is 1. The zero-order chi connectivity index (χ0) is 12.4. The summed E-state index contributed by atoms with van der Waals surface area (Å²) >= 11 is 0. The van der Waals surface area contributed by atoms with Crippen LogP contribution < -0.4 is 5.73 Å². The Hall–Kier alpha value is -2.23. The van der Waals surface area contributed by atoms with Gasteiger partial charge in [0, 0.05) is 18.1 Å². The van der Waals surface area contributed by atoms with Crippen molar-refractivity contribution >= 4 is 11.5 Å². The summed E-state index contributed by atoms with van der Waals surface area (Å²) in [5.41, 5.74) is 7.02. The van der Waals surface area contributed by atoms with Crippen molar-refractivity contribution in [1.29, 1.82) is 0 Å². The quantitative estimate of drug-likeness (QED) is 0.805. The zero-order valence-corrected chi connectivity index (χ0v) is 9.27. The van der Waals surface area contributed by atoms with Gasteiger partial charge in [-0.3, -0.25) is 9.78 Å². The molecule has 4 heteroatoms. The molecule has 2 N–H and O–H groups in total. The third-order valence-electron chi connectivity index (χ3n) is 2.47. The summed E-state index contributed by atoms with van der Waals surface area (Å²) in [6, 6.07) is 5.90. The van der Waals surface area contributed by atoms with Crippen molar-refractivity contribution in [2.45, 2.75) is 6.92 Å². The predicted molar refractivity (Wildman–Crippen MR) is 63.2 cm³/mol. The second kappa shape index (κ2) is 4.33. The molecule has 1 heterocycles. The minimum absolute atomic E-state index is 0.0182. The normalized spacial score (nSPS) is 10.2. The van der Waals surface area contributed by atoms with E-state index in [0.29, 0.717) is 5.69 Å². The van der Waals surface area contributed by atoms with Crippen molar-refractivity contribution in [2.75, 3.05) is 5.73 Å². The topological polar surface area (TPSA) is 56.0 Å². The van der Waals surface area contributed by atoms with Gasteiger partial charge < -0.3 is 5.73 Å². The summed E-state index contributed by atoms with van der Waals surface area (Å²) in [5, 5.41) is 0. The lowest BCUT2D eigenvalue weighted by atomic mass is 10.0. The standard InChI is InChI=1S/C13H11FN2O/c1-8-2-3-11(14)9(6-8)13(17)10-7-16-5-4-12(10)15/h2-7H,1H3,(H2,15,16). The molecule has 0 saturated heterocycles. The Labute approximate surface area is 98.1 Å². The first-order chi connectivity index (χ1) is 8.09. The fraction of sp³-hybridized carbons (Fsp3) is 0.0769. The molecule has 0 aliphatic heterocycles. The Morgan fingerprint density at radius 2 is 2.06 bits per heavy atom. The van der Waals surface area contributed by atoms with Gasteiger partial charge in [0.1, 0.15) is 5.82 Å². The fourth-order valence-electron chi connectivity index (χ4n) is 1.55. The Morgan fingerprint density at radius 3 is 2.76 bits per heavy atom. The molecule has 1 aromatic carbocycles. The minimum atomic E-state index is -0.552. The summed E-state index contributed by atoms with van der Waals surface area (Å²) in [6.45, 7) is 1.79. The van der Waals surface area contributed by atoms with Crippen LogP contribution in [0, 0.1) is 12.7 Å². The molecule has 2 aromatic rings. The first-order valence-corrected chi connectivity index (χ1v) is 5.10. The molecule has 0 atom stereocenters. The van der Waals surface area contributed by atoms with Gasteiger partial charge in [-0.1, -0.05) is 11.6 Å². The van der Waals surface area contributed by atoms with E-state index in [9.17, 15) is 9.18 Å². The number of carbonyl (C=O) groups excluding carboxylic acids is 1. The largest absolute Gasteiger partial charge is 0.398 e. The van der Waals surface area contributed by atoms with Crippen LogP contribution in [0.4, 0.5) is 10.1 Å². The van der Waals surface area contributed by atoms with Crippen LogP contribution in [0.3, 0.4) is 0 Å². The van der Waals surface area contributed by atoms with E-state index < -0.39 is 11.6 Å². The summed E-state index contributed by atoms with van der Waals surface area (Å²) < 4.78 is 13.6. The van der Waals surface area contributed by atoms with Crippen molar-refractivity contribution in [2.24, 2.45) is 0 Å². The van der Waals surface area contributed by atoms with Crippen LogP contribution in [0.25, 0.3) is 0 Å². The molecule has 0 bridgehead atoms. The van der Waals surface area contributed by atoms with E-state index in [2.05, 4.69) is 4.98 Å². The van der Waals surface area contributed by atoms with Crippen LogP contribution in [0.1, 0.15) is 21.5 Å². The number of benzene rings is 1. The van der Waals surface area contributed by atoms with E-state index in [1.165, 1.54) is 30.6 Å². The molecule has 0 fully saturated rings. The average Bonchev–Trinajstić information content (AvgIpc) is 2.32. The Bertz CT molecular complexity index is 581. The summed E-state index contributed by atoms with van der Waals surface area (Å²) in [7, 11) is 0. The maximum atomic E-state index is 13.6. The number of nitrogens with zero attached hydrogens (tertiary/aromatic N) is 1. The molecule has 0 radical (unpaired) electrons. The van der Waals surface area contributed by atoms with E-state index in [0.717, 1.165) is 5.56 Å². The average molecular weight is 230 g/mol. The molecular formula is C13H11FN2O. The van der Waals surface area contributed by atoms with Crippen molar-refractivity contribution in [3.05, 3.63) is 59.2 Å². The number of ketones is 1. The number of nitrogens with two attached hydrogens (primary N) is 1. The highest BCUT2D eigenvalue weighted by Crippen LogP contribution is 2.18. The number of pyridine rings is 1. The zero-order valence-electron chi connectivity index (χ0n) is 9.27. The van der Waals surface area contributed by atoms with Crippen LogP contribution in [0.2, 0.25) is 0 Å². The van der Waals surface area contributed by atoms with E-state index in [1.54, 1.807) is 13.0 Å². The number of nitrogen functional groups attached to an aromatic ring is 1. The lowest BCUT2D eigenvalue weighted by Gasteiger charge is -2.05. The van der Waals surface area contributed by atoms with E-state index in [4.69, 9.17) is 5.73 Å². The first-order valence-electron chi connectivity index (χ1n) is 5.10. The molecule has 3 nitrogen and oxygen atoms in total. The highest BCUT2D eigenvalue weighted by molar-refractivity contribution is 6.12. The smallest absolute Gasteiger partial charge is 0.199 e. The van der Waals surface area contributed by atoms with Gasteiger partial charge in [-0.05, 0) is 25.1 Å². The number of rotatable bonds is 2. The monoisotopic (exact) mass is 230 g/mol. The highest BCUT2D eigenvalue weighted by atomic mass is 19.1. The molecule has 0 aliphatic carbocycles. The Kier molecular flexibility index (Phi) is 2.87. The van der Waals surface area contributed by atoms with Gasteiger partial charge in [0.2, 0.25) is 0 Å². The van der Waals surface area contributed by atoms with Crippen LogP contribution in [0.5, 0.6) is 0 Å². The van der Waals surface area contributed by atoms with Crippen molar-refractivity contribution in [1.82, 2.24) is 4.98 Å². The Balaban J connectivity index is 2.51. The van der Waals surface area contributed by atoms with Crippen LogP contribution in [-0.2, 0) is 0 Å². The molecule has 1 aromatic heterocycles. The second-order valence-electron chi connectivity index (χ2n) is 3.78. The van der Waals surface area contributed by atoms with Gasteiger partial charge in [-0.15, -0.1) is 0 Å². The number of halogens is 1. The summed E-state index contributed by atoms with van der Waals surface area (Å²) in [4.78, 5) is 15.9. The predicted octanol–water partition coefficient (Wildman–Crippen LogP) is 2.34. The molecule has 86 valence electrons. The van der Waals surface area contributed by atoms with Crippen LogP contribution in [0.15, 0.2) is 36.7 Å². The summed E-state index contributed by atoms with van der Waals surface area (Å²) in [5.74, 6) is -0.999. The lowest BCUT2D eigenvalue weighted by Crippen LogP contribution is -2.08. The number of anilines is 1. The molecular weight excluding hydrogens is 219 g/mol. The SMILES string of the molecule is Cc1ccc(F)c(C(=O)c2cnccc2N)c1. The minimum Gasteiger partial charge on any atom is -0.398 e. The van der Waals surface area contributed by atoms with Gasteiger partial charge in [0.25, 0.3) is 0 Å². The molecule has 0 aliphatic rings. The molecule has 0 saturated carbocycles. The highest BCUT2D eigenvalue weighted by Gasteiger charge is 2.16. The summed E-state index contributed by atoms with van der Waals surface area (Å²) in [6.07, 6.45) is 2.83.